The van der Waals surface area contributed by atoms with Gasteiger partial charge in [0, 0.05) is 41.8 Å². The number of rotatable bonds is 2. The van der Waals surface area contributed by atoms with Crippen molar-refractivity contribution in [2.75, 3.05) is 6.54 Å². The molecule has 0 spiro atoms. The summed E-state index contributed by atoms with van der Waals surface area (Å²) in [5.74, 6) is 0. The Hall–Kier alpha value is -3.61. The van der Waals surface area contributed by atoms with Crippen LogP contribution in [0.15, 0.2) is 55.0 Å². The van der Waals surface area contributed by atoms with Crippen molar-refractivity contribution in [2.45, 2.75) is 45.9 Å². The zero-order valence-electron chi connectivity index (χ0n) is 18.8. The van der Waals surface area contributed by atoms with Crippen molar-refractivity contribution in [3.8, 4) is 22.4 Å². The van der Waals surface area contributed by atoms with Crippen LogP contribution in [0.25, 0.3) is 33.3 Å². The zero-order valence-corrected chi connectivity index (χ0v) is 18.8. The van der Waals surface area contributed by atoms with Crippen LogP contribution in [-0.2, 0) is 11.3 Å². The fraction of sp³-hybridized carbons (Fsp3) is 0.320. The van der Waals surface area contributed by atoms with Gasteiger partial charge in [0.25, 0.3) is 0 Å². The summed E-state index contributed by atoms with van der Waals surface area (Å²) in [5, 5.41) is 6.17. The van der Waals surface area contributed by atoms with Crippen molar-refractivity contribution in [3.05, 3.63) is 60.7 Å². The summed E-state index contributed by atoms with van der Waals surface area (Å²) in [4.78, 5) is 22.2. The number of carbonyl (C=O) groups excluding carboxylic acids is 1. The number of hydrogen-bond acceptors (Lipinski definition) is 4. The fourth-order valence-electron chi connectivity index (χ4n) is 4.38. The van der Waals surface area contributed by atoms with Crippen molar-refractivity contribution < 1.29 is 9.53 Å². The van der Waals surface area contributed by atoms with Gasteiger partial charge in [0.2, 0.25) is 0 Å². The molecule has 0 bridgehead atoms. The molecule has 1 atom stereocenters. The van der Waals surface area contributed by atoms with Gasteiger partial charge in [-0.25, -0.2) is 4.79 Å². The number of nitrogens with zero attached hydrogens (tertiary/aromatic N) is 4. The van der Waals surface area contributed by atoms with Crippen molar-refractivity contribution in [1.29, 1.82) is 0 Å². The Bertz CT molecular complexity index is 1280. The third-order valence-electron chi connectivity index (χ3n) is 5.83. The molecule has 1 amide bonds. The molecule has 1 aliphatic heterocycles. The minimum Gasteiger partial charge on any atom is -0.444 e. The molecule has 0 radical (unpaired) electrons. The summed E-state index contributed by atoms with van der Waals surface area (Å²) < 4.78 is 7.72. The fourth-order valence-corrected chi connectivity index (χ4v) is 4.38. The molecule has 0 aliphatic carbocycles. The highest BCUT2D eigenvalue weighted by molar-refractivity contribution is 5.89. The molecular weight excluding hydrogens is 402 g/mol. The third kappa shape index (κ3) is 3.53. The van der Waals surface area contributed by atoms with Crippen LogP contribution in [0, 0.1) is 0 Å². The van der Waals surface area contributed by atoms with Crippen LogP contribution < -0.4 is 0 Å². The van der Waals surface area contributed by atoms with Gasteiger partial charge in [-0.15, -0.1) is 0 Å². The largest absolute Gasteiger partial charge is 0.444 e. The van der Waals surface area contributed by atoms with E-state index in [1.54, 1.807) is 17.3 Å². The molecule has 32 heavy (non-hydrogen) atoms. The summed E-state index contributed by atoms with van der Waals surface area (Å²) in [6.07, 6.45) is 5.22. The van der Waals surface area contributed by atoms with Gasteiger partial charge in [-0.2, -0.15) is 5.10 Å². The predicted molar refractivity (Wildman–Crippen MR) is 124 cm³/mol. The molecule has 1 N–H and O–H groups in total. The van der Waals surface area contributed by atoms with Gasteiger partial charge < -0.3 is 9.72 Å². The molecule has 0 saturated carbocycles. The molecular formula is C25H27N5O2. The number of fused-ring (bicyclic) bond motifs is 2. The second kappa shape index (κ2) is 7.51. The molecule has 0 saturated heterocycles. The van der Waals surface area contributed by atoms with E-state index < -0.39 is 5.60 Å². The lowest BCUT2D eigenvalue weighted by Crippen LogP contribution is -2.43. The molecule has 4 aromatic rings. The molecule has 164 valence electrons. The van der Waals surface area contributed by atoms with Gasteiger partial charge in [0.1, 0.15) is 11.3 Å². The Morgan fingerprint density at radius 2 is 1.88 bits per heavy atom. The molecule has 0 fully saturated rings. The summed E-state index contributed by atoms with van der Waals surface area (Å²) >= 11 is 0. The van der Waals surface area contributed by atoms with Gasteiger partial charge in [-0.1, -0.05) is 12.1 Å². The maximum Gasteiger partial charge on any atom is 0.410 e. The molecule has 0 unspecified atom stereocenters. The maximum atomic E-state index is 12.9. The zero-order chi connectivity index (χ0) is 22.5. The quantitative estimate of drug-likeness (QED) is 0.463. The van der Waals surface area contributed by atoms with Crippen molar-refractivity contribution in [1.82, 2.24) is 24.6 Å². The molecule has 4 heterocycles. The van der Waals surface area contributed by atoms with Crippen LogP contribution in [0.5, 0.6) is 0 Å². The van der Waals surface area contributed by atoms with Crippen LogP contribution >= 0.6 is 0 Å². The normalized spacial score (nSPS) is 16.2. The number of amides is 1. The van der Waals surface area contributed by atoms with Gasteiger partial charge in [0.05, 0.1) is 18.3 Å². The average Bonchev–Trinajstić information content (AvgIpc) is 3.37. The Morgan fingerprint density at radius 3 is 2.62 bits per heavy atom. The van der Waals surface area contributed by atoms with Crippen LogP contribution in [0.3, 0.4) is 0 Å². The van der Waals surface area contributed by atoms with E-state index >= 15 is 0 Å². The van der Waals surface area contributed by atoms with Crippen LogP contribution in [0.4, 0.5) is 4.79 Å². The first-order valence-electron chi connectivity index (χ1n) is 10.9. The number of carbonyl (C=O) groups is 1. The Kier molecular flexibility index (Phi) is 4.77. The Morgan fingerprint density at radius 1 is 1.09 bits per heavy atom. The van der Waals surface area contributed by atoms with E-state index in [0.29, 0.717) is 13.1 Å². The van der Waals surface area contributed by atoms with E-state index in [0.717, 1.165) is 39.0 Å². The minimum atomic E-state index is -0.543. The standard InChI is InChI=1S/C25H27N5O2/c1-16-23-21(18-7-10-26-11-8-18)22(19-6-5-17-9-12-27-20(17)15-19)28-30(23)14-13-29(16)24(31)32-25(2,3)4/h5-12,15-16,27H,13-14H2,1-4H3/t16-/m1/s1. The average molecular weight is 430 g/mol. The number of hydrogen-bond donors (Lipinski definition) is 1. The number of H-pyrrole nitrogens is 1. The van der Waals surface area contributed by atoms with Gasteiger partial charge in [-0.05, 0) is 62.9 Å². The molecule has 5 rings (SSSR count). The van der Waals surface area contributed by atoms with Crippen molar-refractivity contribution in [3.63, 3.8) is 0 Å². The first-order chi connectivity index (χ1) is 15.3. The lowest BCUT2D eigenvalue weighted by molar-refractivity contribution is 0.0121. The van der Waals surface area contributed by atoms with E-state index in [9.17, 15) is 4.79 Å². The molecule has 1 aromatic carbocycles. The smallest absolute Gasteiger partial charge is 0.410 e. The number of aromatic amines is 1. The van der Waals surface area contributed by atoms with Crippen LogP contribution in [-0.4, -0.2) is 42.9 Å². The van der Waals surface area contributed by atoms with Gasteiger partial charge in [0.15, 0.2) is 0 Å². The lowest BCUT2D eigenvalue weighted by Gasteiger charge is -2.35. The topological polar surface area (TPSA) is 76.0 Å². The molecule has 1 aliphatic rings. The Labute approximate surface area is 187 Å². The van der Waals surface area contributed by atoms with Crippen LogP contribution in [0.2, 0.25) is 0 Å². The molecule has 7 nitrogen and oxygen atoms in total. The molecule has 3 aromatic heterocycles. The number of nitrogens with one attached hydrogen (secondary N) is 1. The summed E-state index contributed by atoms with van der Waals surface area (Å²) in [5.41, 5.74) is 5.52. The minimum absolute atomic E-state index is 0.183. The number of pyridine rings is 1. The second-order valence-corrected chi connectivity index (χ2v) is 9.20. The Balaban J connectivity index is 1.65. The summed E-state index contributed by atoms with van der Waals surface area (Å²) in [6.45, 7) is 8.87. The number of ether oxygens (including phenoxy) is 1. The third-order valence-corrected chi connectivity index (χ3v) is 5.83. The maximum absolute atomic E-state index is 12.9. The number of benzene rings is 1. The van der Waals surface area contributed by atoms with E-state index in [4.69, 9.17) is 9.84 Å². The van der Waals surface area contributed by atoms with Crippen molar-refractivity contribution in [2.24, 2.45) is 0 Å². The highest BCUT2D eigenvalue weighted by Crippen LogP contribution is 2.41. The van der Waals surface area contributed by atoms with Gasteiger partial charge in [-0.3, -0.25) is 14.6 Å². The lowest BCUT2D eigenvalue weighted by atomic mass is 9.95. The first kappa shape index (κ1) is 20.3. The SMILES string of the molecule is C[C@@H]1c2c(-c3ccncc3)c(-c3ccc4cc[nH]c4c3)nn2CCN1C(=O)OC(C)(C)C. The highest BCUT2D eigenvalue weighted by atomic mass is 16.6. The monoisotopic (exact) mass is 429 g/mol. The highest BCUT2D eigenvalue weighted by Gasteiger charge is 2.35. The molecule has 7 heteroatoms. The summed E-state index contributed by atoms with van der Waals surface area (Å²) in [6, 6.07) is 12.2. The first-order valence-corrected chi connectivity index (χ1v) is 10.9. The van der Waals surface area contributed by atoms with E-state index in [-0.39, 0.29) is 12.1 Å². The van der Waals surface area contributed by atoms with E-state index in [1.165, 1.54) is 0 Å². The van der Waals surface area contributed by atoms with Gasteiger partial charge >= 0.3 is 6.09 Å². The van der Waals surface area contributed by atoms with Crippen LogP contribution in [0.1, 0.15) is 39.4 Å². The van der Waals surface area contributed by atoms with E-state index in [2.05, 4.69) is 34.2 Å². The summed E-state index contributed by atoms with van der Waals surface area (Å²) in [7, 11) is 0. The number of aromatic nitrogens is 4. The van der Waals surface area contributed by atoms with E-state index in [1.807, 2.05) is 50.7 Å². The second-order valence-electron chi connectivity index (χ2n) is 9.20. The predicted octanol–water partition coefficient (Wildman–Crippen LogP) is 5.41. The van der Waals surface area contributed by atoms with Crippen molar-refractivity contribution >= 4 is 17.0 Å².